The maximum atomic E-state index is 10.3. The first-order valence-electron chi connectivity index (χ1n) is 9.69. The van der Waals surface area contributed by atoms with Crippen LogP contribution < -0.4 is 15.9 Å². The minimum atomic E-state index is -1.96. The number of hydrogen-bond donors (Lipinski definition) is 1. The Balaban J connectivity index is 2.15. The molecule has 0 amide bonds. The summed E-state index contributed by atoms with van der Waals surface area (Å²) in [5, 5.41) is 14.3. The smallest absolute Gasteiger partial charge is 0.136 e. The van der Waals surface area contributed by atoms with E-state index in [9.17, 15) is 5.11 Å². The van der Waals surface area contributed by atoms with Crippen LogP contribution in [0, 0.1) is 0 Å². The Morgan fingerprint density at radius 2 is 1.14 bits per heavy atom. The molecule has 1 atom stereocenters. The van der Waals surface area contributed by atoms with Crippen molar-refractivity contribution in [3.63, 3.8) is 0 Å². The van der Waals surface area contributed by atoms with Crippen LogP contribution in [0.15, 0.2) is 115 Å². The van der Waals surface area contributed by atoms with E-state index in [1.54, 1.807) is 0 Å². The summed E-state index contributed by atoms with van der Waals surface area (Å²) in [6.07, 6.45) is 4.23. The monoisotopic (exact) mass is 387 g/mol. The van der Waals surface area contributed by atoms with Gasteiger partial charge >= 0.3 is 0 Å². The van der Waals surface area contributed by atoms with Gasteiger partial charge in [0.05, 0.1) is 11.9 Å². The van der Waals surface area contributed by atoms with Gasteiger partial charge in [0, 0.05) is 0 Å². The molecule has 142 valence electrons. The summed E-state index contributed by atoms with van der Waals surface area (Å²) in [4.78, 5) is 0. The fraction of sp³-hybridized carbons (Fsp3) is 0.154. The van der Waals surface area contributed by atoms with E-state index in [1.165, 1.54) is 15.9 Å². The minimum Gasteiger partial charge on any atom is -0.389 e. The van der Waals surface area contributed by atoms with Gasteiger partial charge in [-0.3, -0.25) is 0 Å². The molecule has 0 saturated heterocycles. The largest absolute Gasteiger partial charge is 0.389 e. The third kappa shape index (κ3) is 4.68. The minimum absolute atomic E-state index is 0.453. The van der Waals surface area contributed by atoms with Crippen molar-refractivity contribution in [1.82, 2.24) is 0 Å². The van der Waals surface area contributed by atoms with Gasteiger partial charge in [-0.05, 0) is 62.7 Å². The second-order valence-electron chi connectivity index (χ2n) is 7.16. The number of aliphatic hydroxyl groups excluding tert-OH is 1. The highest BCUT2D eigenvalue weighted by molar-refractivity contribution is 7.98. The van der Waals surface area contributed by atoms with Crippen LogP contribution in [0.5, 0.6) is 0 Å². The van der Waals surface area contributed by atoms with E-state index in [0.29, 0.717) is 6.42 Å². The first-order chi connectivity index (χ1) is 13.6. The van der Waals surface area contributed by atoms with E-state index in [4.69, 9.17) is 0 Å². The summed E-state index contributed by atoms with van der Waals surface area (Å²) >= 11 is 0. The zero-order valence-corrected chi connectivity index (χ0v) is 17.5. The summed E-state index contributed by atoms with van der Waals surface area (Å²) in [7, 11) is -1.96. The second-order valence-corrected chi connectivity index (χ2v) is 10.5. The van der Waals surface area contributed by atoms with Gasteiger partial charge in [0.1, 0.15) is 23.2 Å². The van der Waals surface area contributed by atoms with Crippen molar-refractivity contribution in [1.29, 1.82) is 0 Å². The highest BCUT2D eigenvalue weighted by Crippen LogP contribution is 2.56. The Labute approximate surface area is 169 Å². The molecule has 3 aromatic carbocycles. The third-order valence-electron chi connectivity index (χ3n) is 4.72. The van der Waals surface area contributed by atoms with Crippen molar-refractivity contribution >= 4 is 23.2 Å². The normalized spacial score (nSPS) is 12.7. The summed E-state index contributed by atoms with van der Waals surface area (Å²) in [5.74, 6) is 2.36. The van der Waals surface area contributed by atoms with Gasteiger partial charge in [-0.15, -0.1) is 0 Å². The van der Waals surface area contributed by atoms with Gasteiger partial charge in [0.15, 0.2) is 0 Å². The Bertz CT molecular complexity index is 814. The molecule has 1 nitrogen and oxygen atoms in total. The molecule has 0 aliphatic heterocycles. The molecule has 0 bridgehead atoms. The van der Waals surface area contributed by atoms with Crippen LogP contribution in [-0.4, -0.2) is 11.2 Å². The van der Waals surface area contributed by atoms with E-state index in [-0.39, 0.29) is 0 Å². The van der Waals surface area contributed by atoms with Gasteiger partial charge in [0.25, 0.3) is 0 Å². The Hall–Kier alpha value is -2.47. The molecule has 0 aromatic heterocycles. The van der Waals surface area contributed by atoms with Gasteiger partial charge in [-0.1, -0.05) is 66.2 Å². The number of hydrogen-bond acceptors (Lipinski definition) is 1. The van der Waals surface area contributed by atoms with E-state index < -0.39 is 13.4 Å². The zero-order chi connectivity index (χ0) is 19.8. The standard InChI is InChI=1S/C26H28OP/c1-22(2)21-23(27)13-12-20-28(24-14-6-3-7-15-24,25-16-8-4-9-17-25)26-18-10-5-11-19-26/h3-12,14-21,23,27H,13H2,1-2H3/q+1/b20-12+. The fourth-order valence-electron chi connectivity index (χ4n) is 3.51. The van der Waals surface area contributed by atoms with E-state index in [0.717, 1.165) is 5.57 Å². The van der Waals surface area contributed by atoms with Gasteiger partial charge < -0.3 is 5.11 Å². The van der Waals surface area contributed by atoms with Gasteiger partial charge in [-0.25, -0.2) is 0 Å². The second kappa shape index (κ2) is 9.64. The van der Waals surface area contributed by atoms with Crippen LogP contribution in [0.4, 0.5) is 0 Å². The molecular formula is C26H28OP+. The molecule has 0 fully saturated rings. The Kier molecular flexibility index (Phi) is 6.98. The molecule has 0 saturated carbocycles. The van der Waals surface area contributed by atoms with Crippen LogP contribution in [0.1, 0.15) is 20.3 Å². The molecule has 28 heavy (non-hydrogen) atoms. The molecular weight excluding hydrogens is 359 g/mol. The van der Waals surface area contributed by atoms with Gasteiger partial charge in [0.2, 0.25) is 0 Å². The lowest BCUT2D eigenvalue weighted by molar-refractivity contribution is 0.226. The van der Waals surface area contributed by atoms with Crippen molar-refractivity contribution in [2.45, 2.75) is 26.4 Å². The lowest BCUT2D eigenvalue weighted by atomic mass is 10.2. The summed E-state index contributed by atoms with van der Waals surface area (Å²) in [6, 6.07) is 32.2. The van der Waals surface area contributed by atoms with Gasteiger partial charge in [-0.2, -0.15) is 0 Å². The molecule has 1 unspecified atom stereocenters. The number of aliphatic hydroxyl groups is 1. The Morgan fingerprint density at radius 3 is 1.50 bits per heavy atom. The molecule has 3 aromatic rings. The van der Waals surface area contributed by atoms with Crippen molar-refractivity contribution in [3.8, 4) is 0 Å². The lowest BCUT2D eigenvalue weighted by Gasteiger charge is -2.24. The SMILES string of the molecule is CC(C)=CC(O)C/C=C/[P+](c1ccccc1)(c1ccccc1)c1ccccc1. The molecule has 3 rings (SSSR count). The topological polar surface area (TPSA) is 20.2 Å². The van der Waals surface area contributed by atoms with Crippen LogP contribution in [0.3, 0.4) is 0 Å². The van der Waals surface area contributed by atoms with Crippen LogP contribution in [0.25, 0.3) is 0 Å². The molecule has 2 heteroatoms. The number of rotatable bonds is 7. The average molecular weight is 387 g/mol. The van der Waals surface area contributed by atoms with Crippen molar-refractivity contribution in [2.24, 2.45) is 0 Å². The number of allylic oxidation sites excluding steroid dienone is 1. The summed E-state index contributed by atoms with van der Waals surface area (Å²) < 4.78 is 0. The van der Waals surface area contributed by atoms with E-state index in [2.05, 4.69) is 103 Å². The van der Waals surface area contributed by atoms with E-state index >= 15 is 0 Å². The molecule has 0 heterocycles. The lowest BCUT2D eigenvalue weighted by Crippen LogP contribution is -2.29. The maximum Gasteiger partial charge on any atom is 0.136 e. The van der Waals surface area contributed by atoms with Crippen molar-refractivity contribution < 1.29 is 5.11 Å². The van der Waals surface area contributed by atoms with Crippen LogP contribution in [-0.2, 0) is 0 Å². The summed E-state index contributed by atoms with van der Waals surface area (Å²) in [6.45, 7) is 4.03. The summed E-state index contributed by atoms with van der Waals surface area (Å²) in [5.41, 5.74) is 1.14. The highest BCUT2D eigenvalue weighted by Gasteiger charge is 2.42. The number of benzene rings is 3. The quantitative estimate of drug-likeness (QED) is 0.436. The predicted molar refractivity (Wildman–Crippen MR) is 124 cm³/mol. The third-order valence-corrected chi connectivity index (χ3v) is 8.72. The van der Waals surface area contributed by atoms with Crippen molar-refractivity contribution in [3.05, 3.63) is 115 Å². The van der Waals surface area contributed by atoms with Crippen LogP contribution in [0.2, 0.25) is 0 Å². The molecule has 0 aliphatic carbocycles. The first-order valence-corrected chi connectivity index (χ1v) is 11.5. The van der Waals surface area contributed by atoms with E-state index in [1.807, 2.05) is 19.9 Å². The first kappa shape index (κ1) is 20.3. The maximum absolute atomic E-state index is 10.3. The molecule has 0 radical (unpaired) electrons. The van der Waals surface area contributed by atoms with Crippen molar-refractivity contribution in [2.75, 3.05) is 0 Å². The predicted octanol–water partition coefficient (Wildman–Crippen LogP) is 5.21. The van der Waals surface area contributed by atoms with Crippen LogP contribution >= 0.6 is 7.26 Å². The average Bonchev–Trinajstić information content (AvgIpc) is 2.73. The zero-order valence-electron chi connectivity index (χ0n) is 16.6. The fourth-order valence-corrected chi connectivity index (χ4v) is 7.28. The molecule has 1 N–H and O–H groups in total. The molecule has 0 aliphatic rings. The Morgan fingerprint density at radius 1 is 0.750 bits per heavy atom. The highest BCUT2D eigenvalue weighted by atomic mass is 31.2. The molecule has 0 spiro atoms.